The highest BCUT2D eigenvalue weighted by Gasteiger charge is 2.16. The van der Waals surface area contributed by atoms with Crippen LogP contribution in [-0.4, -0.2) is 18.4 Å². The molecule has 0 unspecified atom stereocenters. The van der Waals surface area contributed by atoms with Crippen molar-refractivity contribution in [3.05, 3.63) is 65.7 Å². The molecule has 2 rings (SSSR count). The maximum atomic E-state index is 12.0. The van der Waals surface area contributed by atoms with E-state index in [1.54, 1.807) is 6.07 Å². The minimum absolute atomic E-state index is 0.149. The Morgan fingerprint density at radius 3 is 2.30 bits per heavy atom. The van der Waals surface area contributed by atoms with E-state index in [2.05, 4.69) is 10.6 Å². The zero-order valence-corrected chi connectivity index (χ0v) is 13.5. The first-order valence-electron chi connectivity index (χ1n) is 7.83. The molecule has 0 fully saturated rings. The Morgan fingerprint density at radius 1 is 0.957 bits per heavy atom. The summed E-state index contributed by atoms with van der Waals surface area (Å²) in [5.74, 6) is -1.10. The maximum absolute atomic E-state index is 12.0. The van der Waals surface area contributed by atoms with Crippen LogP contribution in [0.15, 0.2) is 54.6 Å². The van der Waals surface area contributed by atoms with E-state index in [0.717, 1.165) is 17.5 Å². The number of rotatable bonds is 5. The van der Waals surface area contributed by atoms with E-state index in [1.165, 1.54) is 0 Å². The van der Waals surface area contributed by atoms with Crippen molar-refractivity contribution in [3.63, 3.8) is 0 Å². The van der Waals surface area contributed by atoms with E-state index < -0.39 is 11.8 Å². The minimum Gasteiger partial charge on any atom is -0.347 e. The molecule has 0 aliphatic heterocycles. The average molecular weight is 310 g/mol. The van der Waals surface area contributed by atoms with Crippen LogP contribution in [0.2, 0.25) is 0 Å². The highest BCUT2D eigenvalue weighted by Crippen LogP contribution is 2.15. The molecule has 4 heteroatoms. The van der Waals surface area contributed by atoms with Crippen LogP contribution in [0.4, 0.5) is 5.69 Å². The second kappa shape index (κ2) is 8.13. The van der Waals surface area contributed by atoms with Crippen molar-refractivity contribution in [2.75, 3.05) is 11.9 Å². The van der Waals surface area contributed by atoms with Gasteiger partial charge in [0, 0.05) is 12.2 Å². The lowest BCUT2D eigenvalue weighted by molar-refractivity contribution is -0.136. The molecule has 0 bridgehead atoms. The largest absolute Gasteiger partial charge is 0.347 e. The molecule has 4 nitrogen and oxygen atoms in total. The third-order valence-electron chi connectivity index (χ3n) is 3.79. The molecule has 0 aliphatic carbocycles. The summed E-state index contributed by atoms with van der Waals surface area (Å²) in [6.07, 6.45) is 0.795. The predicted molar refractivity (Wildman–Crippen MR) is 92.3 cm³/mol. The number of carbonyl (C=O) groups is 2. The number of nitrogens with one attached hydrogen (secondary N) is 2. The molecule has 0 aromatic heterocycles. The summed E-state index contributed by atoms with van der Waals surface area (Å²) in [6, 6.07) is 17.4. The van der Waals surface area contributed by atoms with Crippen molar-refractivity contribution < 1.29 is 9.59 Å². The molecule has 23 heavy (non-hydrogen) atoms. The number of para-hydroxylation sites is 1. The lowest BCUT2D eigenvalue weighted by Gasteiger charge is -2.13. The van der Waals surface area contributed by atoms with Gasteiger partial charge in [-0.15, -0.1) is 0 Å². The number of carbonyl (C=O) groups excluding carboxylic acids is 2. The smallest absolute Gasteiger partial charge is 0.313 e. The average Bonchev–Trinajstić information content (AvgIpc) is 2.60. The maximum Gasteiger partial charge on any atom is 0.313 e. The molecule has 120 valence electrons. The summed E-state index contributed by atoms with van der Waals surface area (Å²) in [7, 11) is 0. The van der Waals surface area contributed by atoms with E-state index in [9.17, 15) is 9.59 Å². The zero-order valence-electron chi connectivity index (χ0n) is 13.5. The van der Waals surface area contributed by atoms with E-state index in [0.29, 0.717) is 12.2 Å². The number of hydrogen-bond donors (Lipinski definition) is 2. The predicted octanol–water partition coefficient (Wildman–Crippen LogP) is 3.11. The van der Waals surface area contributed by atoms with Crippen LogP contribution in [0.5, 0.6) is 0 Å². The summed E-state index contributed by atoms with van der Waals surface area (Å²) in [4.78, 5) is 24.0. The van der Waals surface area contributed by atoms with Crippen LogP contribution in [0.1, 0.15) is 30.9 Å². The lowest BCUT2D eigenvalue weighted by atomic mass is 10.0. The summed E-state index contributed by atoms with van der Waals surface area (Å²) in [5, 5.41) is 5.36. The molecule has 2 aromatic rings. The molecule has 2 amide bonds. The van der Waals surface area contributed by atoms with Gasteiger partial charge in [0.15, 0.2) is 0 Å². The van der Waals surface area contributed by atoms with E-state index in [4.69, 9.17) is 0 Å². The van der Waals surface area contributed by atoms with Crippen molar-refractivity contribution in [1.82, 2.24) is 5.32 Å². The topological polar surface area (TPSA) is 58.2 Å². The Balaban J connectivity index is 1.89. The van der Waals surface area contributed by atoms with Gasteiger partial charge in [0.2, 0.25) is 0 Å². The molecule has 0 spiro atoms. The molecule has 0 radical (unpaired) electrons. The van der Waals surface area contributed by atoms with Crippen LogP contribution < -0.4 is 10.6 Å². The monoisotopic (exact) mass is 310 g/mol. The minimum atomic E-state index is -0.633. The van der Waals surface area contributed by atoms with Crippen molar-refractivity contribution in [3.8, 4) is 0 Å². The van der Waals surface area contributed by atoms with E-state index >= 15 is 0 Å². The normalized spacial score (nSPS) is 11.6. The zero-order chi connectivity index (χ0) is 16.7. The van der Waals surface area contributed by atoms with Crippen LogP contribution >= 0.6 is 0 Å². The van der Waals surface area contributed by atoms with Crippen molar-refractivity contribution in [2.24, 2.45) is 0 Å². The number of anilines is 1. The number of hydrogen-bond acceptors (Lipinski definition) is 2. The Labute approximate surface area is 136 Å². The molecule has 1 atom stereocenters. The van der Waals surface area contributed by atoms with Crippen LogP contribution in [0, 0.1) is 0 Å². The van der Waals surface area contributed by atoms with Gasteiger partial charge in [-0.1, -0.05) is 62.4 Å². The summed E-state index contributed by atoms with van der Waals surface area (Å²) < 4.78 is 0. The van der Waals surface area contributed by atoms with Gasteiger partial charge in [-0.3, -0.25) is 9.59 Å². The summed E-state index contributed by atoms with van der Waals surface area (Å²) in [5.41, 5.74) is 2.82. The van der Waals surface area contributed by atoms with Gasteiger partial charge >= 0.3 is 11.8 Å². The third-order valence-corrected chi connectivity index (χ3v) is 3.79. The van der Waals surface area contributed by atoms with Gasteiger partial charge < -0.3 is 10.6 Å². The van der Waals surface area contributed by atoms with Crippen LogP contribution in [0.3, 0.4) is 0 Å². The van der Waals surface area contributed by atoms with Crippen molar-refractivity contribution in [2.45, 2.75) is 26.2 Å². The van der Waals surface area contributed by atoms with Gasteiger partial charge in [-0.25, -0.2) is 0 Å². The summed E-state index contributed by atoms with van der Waals surface area (Å²) >= 11 is 0. The van der Waals surface area contributed by atoms with Crippen LogP contribution in [0.25, 0.3) is 0 Å². The first kappa shape index (κ1) is 16.7. The van der Waals surface area contributed by atoms with Gasteiger partial charge in [0.25, 0.3) is 0 Å². The Bertz CT molecular complexity index is 668. The number of amides is 2. The number of benzene rings is 2. The second-order valence-electron chi connectivity index (χ2n) is 5.49. The first-order chi connectivity index (χ1) is 11.1. The number of aryl methyl sites for hydroxylation is 1. The summed E-state index contributed by atoms with van der Waals surface area (Å²) in [6.45, 7) is 4.44. The lowest BCUT2D eigenvalue weighted by Crippen LogP contribution is -2.37. The Kier molecular flexibility index (Phi) is 5.92. The molecule has 0 heterocycles. The first-order valence-corrected chi connectivity index (χ1v) is 7.83. The van der Waals surface area contributed by atoms with Crippen molar-refractivity contribution in [1.29, 1.82) is 0 Å². The molecule has 0 saturated heterocycles. The van der Waals surface area contributed by atoms with Gasteiger partial charge in [-0.05, 0) is 29.5 Å². The molecular formula is C19H22N2O2. The third kappa shape index (κ3) is 4.68. The molecule has 0 aliphatic rings. The van der Waals surface area contributed by atoms with Gasteiger partial charge in [-0.2, -0.15) is 0 Å². The Hall–Kier alpha value is -2.62. The molecule has 2 aromatic carbocycles. The van der Waals surface area contributed by atoms with Gasteiger partial charge in [0.05, 0.1) is 0 Å². The highest BCUT2D eigenvalue weighted by molar-refractivity contribution is 6.39. The van der Waals surface area contributed by atoms with Crippen molar-refractivity contribution >= 4 is 17.5 Å². The van der Waals surface area contributed by atoms with Gasteiger partial charge in [0.1, 0.15) is 0 Å². The quantitative estimate of drug-likeness (QED) is 0.834. The fraction of sp³-hybridized carbons (Fsp3) is 0.263. The fourth-order valence-electron chi connectivity index (χ4n) is 2.36. The van der Waals surface area contributed by atoms with E-state index in [-0.39, 0.29) is 5.92 Å². The highest BCUT2D eigenvalue weighted by atomic mass is 16.2. The molecule has 2 N–H and O–H groups in total. The fourth-order valence-corrected chi connectivity index (χ4v) is 2.36. The van der Waals surface area contributed by atoms with E-state index in [1.807, 2.05) is 62.4 Å². The molecular weight excluding hydrogens is 288 g/mol. The standard InChI is InChI=1S/C19H22N2O2/c1-3-15-9-7-8-12-17(15)21-19(23)18(22)20-13-14(2)16-10-5-4-6-11-16/h4-12,14H,3,13H2,1-2H3,(H,20,22)(H,21,23)/t14-/m1/s1. The van der Waals surface area contributed by atoms with Crippen LogP contribution in [-0.2, 0) is 16.0 Å². The SMILES string of the molecule is CCc1ccccc1NC(=O)C(=O)NC[C@@H](C)c1ccccc1. The molecule has 0 saturated carbocycles. The second-order valence-corrected chi connectivity index (χ2v) is 5.49. The Morgan fingerprint density at radius 2 is 1.61 bits per heavy atom.